The van der Waals surface area contributed by atoms with Gasteiger partial charge >= 0.3 is 6.03 Å². The Morgan fingerprint density at radius 3 is 2.71 bits per heavy atom. The van der Waals surface area contributed by atoms with Gasteiger partial charge in [0, 0.05) is 19.0 Å². The van der Waals surface area contributed by atoms with Gasteiger partial charge in [0.1, 0.15) is 11.6 Å². The molecule has 0 bridgehead atoms. The number of urea groups is 1. The van der Waals surface area contributed by atoms with E-state index < -0.39 is 17.7 Å². The van der Waals surface area contributed by atoms with Crippen LogP contribution in [0.4, 0.5) is 13.6 Å². The number of carbonyl (C=O) groups is 1. The van der Waals surface area contributed by atoms with E-state index in [1.54, 1.807) is 6.92 Å². The third kappa shape index (κ3) is 3.08. The number of carbonyl (C=O) groups excluding carboxylic acids is 1. The number of hydrogen-bond donors (Lipinski definition) is 1. The molecule has 1 atom stereocenters. The summed E-state index contributed by atoms with van der Waals surface area (Å²) in [7, 11) is 0. The highest BCUT2D eigenvalue weighted by atomic mass is 19.1. The predicted molar refractivity (Wildman–Crippen MR) is 81.1 cm³/mol. The molecule has 128 valence electrons. The van der Waals surface area contributed by atoms with E-state index in [0.29, 0.717) is 30.2 Å². The SMILES string of the molecule is CC[C@@H](NC(=O)N1CCc2c(F)ccc(F)c2C1)c1noc(C)n1. The topological polar surface area (TPSA) is 71.3 Å². The molecule has 1 aromatic heterocycles. The Labute approximate surface area is 137 Å². The van der Waals surface area contributed by atoms with Gasteiger partial charge in [-0.1, -0.05) is 12.1 Å². The van der Waals surface area contributed by atoms with E-state index in [0.717, 1.165) is 12.1 Å². The molecule has 2 amide bonds. The summed E-state index contributed by atoms with van der Waals surface area (Å²) >= 11 is 0. The lowest BCUT2D eigenvalue weighted by atomic mass is 9.99. The van der Waals surface area contributed by atoms with Gasteiger partial charge in [0.15, 0.2) is 5.82 Å². The lowest BCUT2D eigenvalue weighted by molar-refractivity contribution is 0.185. The largest absolute Gasteiger partial charge is 0.340 e. The van der Waals surface area contributed by atoms with Crippen molar-refractivity contribution in [2.45, 2.75) is 39.3 Å². The van der Waals surface area contributed by atoms with Crippen LogP contribution in [0.1, 0.15) is 42.2 Å². The predicted octanol–water partition coefficient (Wildman–Crippen LogP) is 2.88. The van der Waals surface area contributed by atoms with E-state index in [2.05, 4.69) is 15.5 Å². The average molecular weight is 336 g/mol. The van der Waals surface area contributed by atoms with Crippen molar-refractivity contribution >= 4 is 6.03 Å². The minimum atomic E-state index is -0.496. The molecule has 0 fully saturated rings. The smallest absolute Gasteiger partial charge is 0.318 e. The number of hydrogen-bond acceptors (Lipinski definition) is 4. The number of aryl methyl sites for hydroxylation is 1. The van der Waals surface area contributed by atoms with Gasteiger partial charge in [-0.05, 0) is 30.5 Å². The molecule has 2 heterocycles. The summed E-state index contributed by atoms with van der Waals surface area (Å²) in [6.45, 7) is 3.91. The maximum atomic E-state index is 13.9. The summed E-state index contributed by atoms with van der Waals surface area (Å²) in [6, 6.07) is 1.45. The van der Waals surface area contributed by atoms with Gasteiger partial charge in [-0.3, -0.25) is 0 Å². The fraction of sp³-hybridized carbons (Fsp3) is 0.438. The second kappa shape index (κ2) is 6.54. The summed E-state index contributed by atoms with van der Waals surface area (Å²) in [5, 5.41) is 6.63. The minimum Gasteiger partial charge on any atom is -0.340 e. The van der Waals surface area contributed by atoms with Crippen LogP contribution in [0, 0.1) is 18.6 Å². The van der Waals surface area contributed by atoms with E-state index in [1.165, 1.54) is 4.90 Å². The first kappa shape index (κ1) is 16.4. The summed E-state index contributed by atoms with van der Waals surface area (Å²) in [5.41, 5.74) is 0.583. The van der Waals surface area contributed by atoms with Crippen molar-refractivity contribution in [1.29, 1.82) is 0 Å². The van der Waals surface area contributed by atoms with Crippen molar-refractivity contribution in [2.75, 3.05) is 6.54 Å². The first-order chi connectivity index (χ1) is 11.5. The Morgan fingerprint density at radius 1 is 1.38 bits per heavy atom. The summed E-state index contributed by atoms with van der Waals surface area (Å²) in [4.78, 5) is 18.0. The highest BCUT2D eigenvalue weighted by Crippen LogP contribution is 2.25. The van der Waals surface area contributed by atoms with Crippen molar-refractivity contribution in [3.63, 3.8) is 0 Å². The Bertz CT molecular complexity index is 763. The Balaban J connectivity index is 1.73. The van der Waals surface area contributed by atoms with Crippen molar-refractivity contribution in [1.82, 2.24) is 20.4 Å². The van der Waals surface area contributed by atoms with Crippen LogP contribution in [0.5, 0.6) is 0 Å². The van der Waals surface area contributed by atoms with Gasteiger partial charge < -0.3 is 14.7 Å². The van der Waals surface area contributed by atoms with Gasteiger partial charge in [-0.2, -0.15) is 4.98 Å². The molecule has 1 N–H and O–H groups in total. The fourth-order valence-corrected chi connectivity index (χ4v) is 2.81. The number of nitrogens with zero attached hydrogens (tertiary/aromatic N) is 3. The molecule has 24 heavy (non-hydrogen) atoms. The van der Waals surface area contributed by atoms with Gasteiger partial charge in [0.2, 0.25) is 5.89 Å². The molecule has 8 heteroatoms. The molecule has 3 rings (SSSR count). The van der Waals surface area contributed by atoms with Crippen molar-refractivity contribution < 1.29 is 18.1 Å². The number of fused-ring (bicyclic) bond motifs is 1. The Kier molecular flexibility index (Phi) is 4.46. The zero-order chi connectivity index (χ0) is 17.3. The minimum absolute atomic E-state index is 0.0342. The lowest BCUT2D eigenvalue weighted by Crippen LogP contribution is -2.44. The summed E-state index contributed by atoms with van der Waals surface area (Å²) < 4.78 is 32.6. The molecule has 1 aromatic carbocycles. The first-order valence-corrected chi connectivity index (χ1v) is 7.81. The molecule has 0 unspecified atom stereocenters. The summed E-state index contributed by atoms with van der Waals surface area (Å²) in [6.07, 6.45) is 0.864. The van der Waals surface area contributed by atoms with E-state index in [1.807, 2.05) is 6.92 Å². The van der Waals surface area contributed by atoms with Crippen LogP contribution in [-0.4, -0.2) is 27.6 Å². The number of aromatic nitrogens is 2. The van der Waals surface area contributed by atoms with Crippen LogP contribution >= 0.6 is 0 Å². The lowest BCUT2D eigenvalue weighted by Gasteiger charge is -2.30. The molecule has 1 aliphatic rings. The van der Waals surface area contributed by atoms with Gasteiger partial charge in [0.25, 0.3) is 0 Å². The monoisotopic (exact) mass is 336 g/mol. The van der Waals surface area contributed by atoms with Gasteiger partial charge in [-0.15, -0.1) is 0 Å². The molecule has 0 aliphatic carbocycles. The summed E-state index contributed by atoms with van der Waals surface area (Å²) in [5.74, 6) is -0.106. The van der Waals surface area contributed by atoms with Gasteiger partial charge in [0.05, 0.1) is 12.6 Å². The number of rotatable bonds is 3. The highest BCUT2D eigenvalue weighted by Gasteiger charge is 2.27. The normalized spacial score (nSPS) is 15.1. The van der Waals surface area contributed by atoms with Crippen molar-refractivity contribution in [3.8, 4) is 0 Å². The standard InChI is InChI=1S/C16H18F2N4O2/c1-3-14(15-19-9(2)24-21-15)20-16(23)22-7-6-10-11(8-22)13(18)5-4-12(10)17/h4-5,14H,3,6-8H2,1-2H3,(H,20,23)/t14-/m1/s1. The van der Waals surface area contributed by atoms with E-state index in [9.17, 15) is 13.6 Å². The van der Waals surface area contributed by atoms with Crippen LogP contribution in [-0.2, 0) is 13.0 Å². The number of halogens is 2. The molecule has 0 radical (unpaired) electrons. The second-order valence-electron chi connectivity index (χ2n) is 5.74. The maximum Gasteiger partial charge on any atom is 0.318 e. The molecule has 0 saturated heterocycles. The average Bonchev–Trinajstić information content (AvgIpc) is 3.01. The third-order valence-corrected chi connectivity index (χ3v) is 4.15. The Hall–Kier alpha value is -2.51. The second-order valence-corrected chi connectivity index (χ2v) is 5.74. The molecular formula is C16H18F2N4O2. The van der Waals surface area contributed by atoms with E-state index in [-0.39, 0.29) is 24.6 Å². The fourth-order valence-electron chi connectivity index (χ4n) is 2.81. The first-order valence-electron chi connectivity index (χ1n) is 7.81. The zero-order valence-electron chi connectivity index (χ0n) is 13.5. The quantitative estimate of drug-likeness (QED) is 0.935. The highest BCUT2D eigenvalue weighted by molar-refractivity contribution is 5.75. The van der Waals surface area contributed by atoms with Crippen molar-refractivity contribution in [3.05, 3.63) is 46.6 Å². The van der Waals surface area contributed by atoms with Crippen LogP contribution in [0.3, 0.4) is 0 Å². The molecule has 0 spiro atoms. The molecule has 6 nitrogen and oxygen atoms in total. The molecular weight excluding hydrogens is 318 g/mol. The zero-order valence-corrected chi connectivity index (χ0v) is 13.5. The third-order valence-electron chi connectivity index (χ3n) is 4.15. The van der Waals surface area contributed by atoms with Crippen LogP contribution < -0.4 is 5.32 Å². The van der Waals surface area contributed by atoms with Crippen molar-refractivity contribution in [2.24, 2.45) is 0 Å². The molecule has 2 aromatic rings. The molecule has 0 saturated carbocycles. The number of nitrogens with one attached hydrogen (secondary N) is 1. The van der Waals surface area contributed by atoms with Gasteiger partial charge in [-0.25, -0.2) is 13.6 Å². The van der Waals surface area contributed by atoms with Crippen LogP contribution in [0.15, 0.2) is 16.7 Å². The van der Waals surface area contributed by atoms with Crippen LogP contribution in [0.2, 0.25) is 0 Å². The number of benzene rings is 1. The Morgan fingerprint density at radius 2 is 2.08 bits per heavy atom. The van der Waals surface area contributed by atoms with E-state index >= 15 is 0 Å². The maximum absolute atomic E-state index is 13.9. The molecule has 1 aliphatic heterocycles. The van der Waals surface area contributed by atoms with E-state index in [4.69, 9.17) is 4.52 Å². The van der Waals surface area contributed by atoms with Crippen LogP contribution in [0.25, 0.3) is 0 Å². The number of amides is 2.